The maximum atomic E-state index is 13.3. The first kappa shape index (κ1) is 22.7. The van der Waals surface area contributed by atoms with Gasteiger partial charge in [0.15, 0.2) is 0 Å². The molecule has 1 heterocycles. The number of phenols is 1. The fourth-order valence-electron chi connectivity index (χ4n) is 3.99. The number of anilines is 1. The molecule has 3 aromatic rings. The third kappa shape index (κ3) is 3.79. The molecule has 1 saturated heterocycles. The summed E-state index contributed by atoms with van der Waals surface area (Å²) in [5, 5.41) is 21.8. The fraction of sp³-hybridized carbons (Fsp3) is 0.154. The van der Waals surface area contributed by atoms with Crippen molar-refractivity contribution in [1.82, 2.24) is 0 Å². The van der Waals surface area contributed by atoms with Gasteiger partial charge in [-0.1, -0.05) is 24.3 Å². The van der Waals surface area contributed by atoms with Crippen molar-refractivity contribution in [2.45, 2.75) is 6.04 Å². The number of ketones is 1. The monoisotopic (exact) mass is 461 g/mol. The number of amides is 1. The zero-order valence-electron chi connectivity index (χ0n) is 18.8. The summed E-state index contributed by atoms with van der Waals surface area (Å²) in [7, 11) is 4.43. The zero-order chi connectivity index (χ0) is 24.4. The van der Waals surface area contributed by atoms with Gasteiger partial charge in [0.2, 0.25) is 0 Å². The highest BCUT2D eigenvalue weighted by atomic mass is 16.5. The number of hydrogen-bond donors (Lipinski definition) is 2. The molecule has 1 amide bonds. The van der Waals surface area contributed by atoms with Gasteiger partial charge in [-0.05, 0) is 48.0 Å². The molecule has 2 N–H and O–H groups in total. The molecule has 8 nitrogen and oxygen atoms in total. The van der Waals surface area contributed by atoms with Gasteiger partial charge in [-0.15, -0.1) is 0 Å². The molecule has 0 aliphatic carbocycles. The summed E-state index contributed by atoms with van der Waals surface area (Å²) in [5.41, 5.74) is 0.717. The molecule has 1 aliphatic heterocycles. The van der Waals surface area contributed by atoms with E-state index < -0.39 is 23.5 Å². The summed E-state index contributed by atoms with van der Waals surface area (Å²) in [5.74, 6) is -1.08. The number of rotatable bonds is 6. The summed E-state index contributed by atoms with van der Waals surface area (Å²) >= 11 is 0. The molecule has 8 heteroatoms. The number of aliphatic hydroxyl groups is 1. The first-order valence-electron chi connectivity index (χ1n) is 10.4. The molecule has 0 saturated carbocycles. The second kappa shape index (κ2) is 9.19. The van der Waals surface area contributed by atoms with Gasteiger partial charge in [0.25, 0.3) is 11.7 Å². The number of aliphatic hydroxyl groups excluding tert-OH is 1. The number of nitrogens with zero attached hydrogens (tertiary/aromatic N) is 1. The van der Waals surface area contributed by atoms with Crippen LogP contribution in [0.1, 0.15) is 17.2 Å². The Morgan fingerprint density at radius 3 is 2.12 bits per heavy atom. The number of carbonyl (C=O) groups excluding carboxylic acids is 2. The molecule has 1 unspecified atom stereocenters. The molecule has 1 atom stereocenters. The number of Topliss-reactive ketones (excluding diaryl/α,β-unsaturated/α-hetero) is 1. The molecule has 34 heavy (non-hydrogen) atoms. The van der Waals surface area contributed by atoms with Crippen molar-refractivity contribution in [3.05, 3.63) is 83.4 Å². The van der Waals surface area contributed by atoms with Crippen LogP contribution in [0.2, 0.25) is 0 Å². The third-order valence-electron chi connectivity index (χ3n) is 5.68. The van der Waals surface area contributed by atoms with Crippen LogP contribution in [0.4, 0.5) is 5.69 Å². The van der Waals surface area contributed by atoms with Crippen LogP contribution in [0.15, 0.2) is 72.3 Å². The van der Waals surface area contributed by atoms with E-state index in [4.69, 9.17) is 14.2 Å². The molecular weight excluding hydrogens is 438 g/mol. The lowest BCUT2D eigenvalue weighted by Gasteiger charge is -2.26. The van der Waals surface area contributed by atoms with Gasteiger partial charge >= 0.3 is 0 Å². The largest absolute Gasteiger partial charge is 0.507 e. The average molecular weight is 461 g/mol. The smallest absolute Gasteiger partial charge is 0.300 e. The Labute approximate surface area is 196 Å². The third-order valence-corrected chi connectivity index (χ3v) is 5.68. The number of methoxy groups -OCH3 is 3. The van der Waals surface area contributed by atoms with E-state index in [0.717, 1.165) is 0 Å². The fourth-order valence-corrected chi connectivity index (χ4v) is 3.99. The van der Waals surface area contributed by atoms with Crippen molar-refractivity contribution in [1.29, 1.82) is 0 Å². The first-order chi connectivity index (χ1) is 16.4. The molecule has 3 aromatic carbocycles. The van der Waals surface area contributed by atoms with Gasteiger partial charge < -0.3 is 24.4 Å². The lowest BCUT2D eigenvalue weighted by molar-refractivity contribution is -0.132. The minimum absolute atomic E-state index is 0.141. The first-order valence-corrected chi connectivity index (χ1v) is 10.4. The Morgan fingerprint density at radius 2 is 1.50 bits per heavy atom. The Kier molecular flexibility index (Phi) is 6.14. The summed E-state index contributed by atoms with van der Waals surface area (Å²) < 4.78 is 15.9. The van der Waals surface area contributed by atoms with Crippen molar-refractivity contribution in [2.75, 3.05) is 26.2 Å². The average Bonchev–Trinajstić information content (AvgIpc) is 3.13. The highest BCUT2D eigenvalue weighted by Gasteiger charge is 2.48. The maximum Gasteiger partial charge on any atom is 0.300 e. The van der Waals surface area contributed by atoms with Gasteiger partial charge in [0.05, 0.1) is 44.2 Å². The van der Waals surface area contributed by atoms with Crippen LogP contribution in [0.3, 0.4) is 0 Å². The quantitative estimate of drug-likeness (QED) is 0.324. The maximum absolute atomic E-state index is 13.3. The van der Waals surface area contributed by atoms with E-state index in [-0.39, 0.29) is 22.6 Å². The molecule has 4 rings (SSSR count). The van der Waals surface area contributed by atoms with E-state index in [1.54, 1.807) is 48.5 Å². The molecule has 174 valence electrons. The molecular formula is C26H23NO7. The lowest BCUT2D eigenvalue weighted by Crippen LogP contribution is -2.29. The van der Waals surface area contributed by atoms with E-state index in [0.29, 0.717) is 22.8 Å². The predicted molar refractivity (Wildman–Crippen MR) is 125 cm³/mol. The SMILES string of the molecule is COc1ccc(C2/C(=C(\O)c3cc(OC)ccc3OC)C(=O)C(=O)N2c2ccccc2O)cc1. The van der Waals surface area contributed by atoms with Crippen molar-refractivity contribution in [3.8, 4) is 23.0 Å². The van der Waals surface area contributed by atoms with Crippen molar-refractivity contribution < 1.29 is 34.0 Å². The number of benzene rings is 3. The van der Waals surface area contributed by atoms with Crippen LogP contribution < -0.4 is 19.1 Å². The minimum atomic E-state index is -1.02. The molecule has 0 spiro atoms. The Balaban J connectivity index is 1.99. The minimum Gasteiger partial charge on any atom is -0.507 e. The highest BCUT2D eigenvalue weighted by Crippen LogP contribution is 2.45. The van der Waals surface area contributed by atoms with E-state index >= 15 is 0 Å². The highest BCUT2D eigenvalue weighted by molar-refractivity contribution is 6.52. The lowest BCUT2D eigenvalue weighted by atomic mass is 9.94. The van der Waals surface area contributed by atoms with E-state index in [9.17, 15) is 19.8 Å². The van der Waals surface area contributed by atoms with Gasteiger partial charge in [-0.25, -0.2) is 0 Å². The number of ether oxygens (including phenoxy) is 3. The number of phenolic OH excluding ortho intramolecular Hbond substituents is 1. The van der Waals surface area contributed by atoms with Crippen LogP contribution in [-0.4, -0.2) is 43.2 Å². The Hall–Kier alpha value is -4.46. The van der Waals surface area contributed by atoms with Gasteiger partial charge in [0.1, 0.15) is 28.8 Å². The topological polar surface area (TPSA) is 106 Å². The van der Waals surface area contributed by atoms with Crippen molar-refractivity contribution in [3.63, 3.8) is 0 Å². The molecule has 0 aromatic heterocycles. The van der Waals surface area contributed by atoms with Gasteiger partial charge in [-0.3, -0.25) is 14.5 Å². The van der Waals surface area contributed by atoms with Crippen molar-refractivity contribution >= 4 is 23.1 Å². The van der Waals surface area contributed by atoms with E-state index in [1.165, 1.54) is 44.4 Å². The van der Waals surface area contributed by atoms with E-state index in [2.05, 4.69) is 0 Å². The summed E-state index contributed by atoms with van der Waals surface area (Å²) in [6.45, 7) is 0. The number of para-hydroxylation sites is 2. The van der Waals surface area contributed by atoms with Gasteiger partial charge in [-0.2, -0.15) is 0 Å². The normalized spacial score (nSPS) is 17.0. The Bertz CT molecular complexity index is 1280. The second-order valence-corrected chi connectivity index (χ2v) is 7.50. The number of hydrogen-bond acceptors (Lipinski definition) is 7. The molecule has 0 bridgehead atoms. The summed E-state index contributed by atoms with van der Waals surface area (Å²) in [4.78, 5) is 27.7. The van der Waals surface area contributed by atoms with Crippen molar-refractivity contribution in [2.24, 2.45) is 0 Å². The predicted octanol–water partition coefficient (Wildman–Crippen LogP) is 4.04. The van der Waals surface area contributed by atoms with Crippen LogP contribution in [0.5, 0.6) is 23.0 Å². The summed E-state index contributed by atoms with van der Waals surface area (Å²) in [6, 6.07) is 16.7. The van der Waals surface area contributed by atoms with Crippen LogP contribution in [0, 0.1) is 0 Å². The van der Waals surface area contributed by atoms with Gasteiger partial charge in [0, 0.05) is 0 Å². The number of aromatic hydroxyl groups is 1. The van der Waals surface area contributed by atoms with Crippen LogP contribution >= 0.6 is 0 Å². The van der Waals surface area contributed by atoms with Crippen LogP contribution in [-0.2, 0) is 9.59 Å². The molecule has 0 radical (unpaired) electrons. The second-order valence-electron chi connectivity index (χ2n) is 7.50. The summed E-state index contributed by atoms with van der Waals surface area (Å²) in [6.07, 6.45) is 0. The standard InChI is InChI=1S/C26H23NO7/c1-32-16-10-8-15(9-11-16)23-22(24(29)18-14-17(33-2)12-13-21(18)34-3)25(30)26(31)27(23)19-6-4-5-7-20(19)28/h4-14,23,28-29H,1-3H3/b24-22+. The Morgan fingerprint density at radius 1 is 0.853 bits per heavy atom. The zero-order valence-corrected chi connectivity index (χ0v) is 18.8. The van der Waals surface area contributed by atoms with Crippen LogP contribution in [0.25, 0.3) is 5.76 Å². The molecule has 1 aliphatic rings. The number of carbonyl (C=O) groups is 2. The molecule has 1 fully saturated rings. The van der Waals surface area contributed by atoms with E-state index in [1.807, 2.05) is 0 Å².